The van der Waals surface area contributed by atoms with Gasteiger partial charge in [0.1, 0.15) is 0 Å². The molecule has 1 aromatic heterocycles. The van der Waals surface area contributed by atoms with Gasteiger partial charge in [0.25, 0.3) is 0 Å². The van der Waals surface area contributed by atoms with Crippen molar-refractivity contribution in [2.75, 3.05) is 0 Å². The number of nitriles is 1. The summed E-state index contributed by atoms with van der Waals surface area (Å²) >= 11 is 0. The Morgan fingerprint density at radius 1 is 1.35 bits per heavy atom. The van der Waals surface area contributed by atoms with Gasteiger partial charge in [0, 0.05) is 19.7 Å². The fourth-order valence-corrected chi connectivity index (χ4v) is 1.67. The molecule has 0 saturated heterocycles. The van der Waals surface area contributed by atoms with Gasteiger partial charge in [-0.25, -0.2) is 0 Å². The van der Waals surface area contributed by atoms with E-state index in [0.29, 0.717) is 12.0 Å². The molecule has 0 fully saturated rings. The van der Waals surface area contributed by atoms with Gasteiger partial charge in [-0.2, -0.15) is 10.4 Å². The monoisotopic (exact) mass is 227 g/mol. The lowest BCUT2D eigenvalue weighted by Gasteiger charge is -2.09. The standard InChI is InChI=1S/C13H13N3O/c1-16-7-6-12(15-16)8-13(17)11-4-2-10(9-14)3-5-11/h2-7,13,17H,8H2,1H3. The first-order chi connectivity index (χ1) is 8.19. The lowest BCUT2D eigenvalue weighted by molar-refractivity contribution is 0.177. The molecule has 0 radical (unpaired) electrons. The molecular weight excluding hydrogens is 214 g/mol. The quantitative estimate of drug-likeness (QED) is 0.865. The van der Waals surface area contributed by atoms with E-state index in [2.05, 4.69) is 5.10 Å². The molecule has 4 nitrogen and oxygen atoms in total. The van der Waals surface area contributed by atoms with E-state index in [4.69, 9.17) is 5.26 Å². The summed E-state index contributed by atoms with van der Waals surface area (Å²) in [6.07, 6.45) is 1.74. The van der Waals surface area contributed by atoms with Crippen LogP contribution in [-0.4, -0.2) is 14.9 Å². The summed E-state index contributed by atoms with van der Waals surface area (Å²) in [4.78, 5) is 0. The van der Waals surface area contributed by atoms with Gasteiger partial charge in [-0.1, -0.05) is 12.1 Å². The van der Waals surface area contributed by atoms with Crippen LogP contribution in [0.15, 0.2) is 36.5 Å². The highest BCUT2D eigenvalue weighted by molar-refractivity contribution is 5.32. The Morgan fingerprint density at radius 2 is 2.06 bits per heavy atom. The van der Waals surface area contributed by atoms with Crippen molar-refractivity contribution in [3.8, 4) is 6.07 Å². The summed E-state index contributed by atoms with van der Waals surface area (Å²) < 4.78 is 1.71. The first-order valence-electron chi connectivity index (χ1n) is 5.35. The highest BCUT2D eigenvalue weighted by Gasteiger charge is 2.10. The SMILES string of the molecule is Cn1ccc(CC(O)c2ccc(C#N)cc2)n1. The zero-order valence-corrected chi connectivity index (χ0v) is 9.54. The number of hydrogen-bond acceptors (Lipinski definition) is 3. The Labute approximate surface area is 99.7 Å². The first-order valence-corrected chi connectivity index (χ1v) is 5.35. The molecule has 0 aliphatic heterocycles. The van der Waals surface area contributed by atoms with E-state index in [0.717, 1.165) is 11.3 Å². The van der Waals surface area contributed by atoms with Crippen molar-refractivity contribution >= 4 is 0 Å². The smallest absolute Gasteiger partial charge is 0.0991 e. The zero-order valence-electron chi connectivity index (χ0n) is 9.54. The van der Waals surface area contributed by atoms with E-state index in [1.54, 1.807) is 28.9 Å². The summed E-state index contributed by atoms with van der Waals surface area (Å²) in [5.41, 5.74) is 2.25. The summed E-state index contributed by atoms with van der Waals surface area (Å²) in [5.74, 6) is 0. The molecule has 86 valence electrons. The van der Waals surface area contributed by atoms with Crippen LogP contribution in [0.1, 0.15) is 22.9 Å². The van der Waals surface area contributed by atoms with Crippen molar-refractivity contribution in [2.24, 2.45) is 7.05 Å². The third-order valence-electron chi connectivity index (χ3n) is 2.60. The van der Waals surface area contributed by atoms with Crippen LogP contribution >= 0.6 is 0 Å². The topological polar surface area (TPSA) is 61.8 Å². The number of aryl methyl sites for hydroxylation is 1. The van der Waals surface area contributed by atoms with Crippen LogP contribution in [-0.2, 0) is 13.5 Å². The molecular formula is C13H13N3O. The average Bonchev–Trinajstić information content (AvgIpc) is 2.75. The molecule has 0 saturated carbocycles. The number of rotatable bonds is 3. The summed E-state index contributed by atoms with van der Waals surface area (Å²) in [6.45, 7) is 0. The third-order valence-corrected chi connectivity index (χ3v) is 2.60. The van der Waals surface area contributed by atoms with Crippen molar-refractivity contribution in [3.05, 3.63) is 53.3 Å². The van der Waals surface area contributed by atoms with E-state index in [1.165, 1.54) is 0 Å². The largest absolute Gasteiger partial charge is 0.388 e. The Hall–Kier alpha value is -2.12. The normalized spacial score (nSPS) is 12.1. The third kappa shape index (κ3) is 2.71. The van der Waals surface area contributed by atoms with E-state index in [-0.39, 0.29) is 0 Å². The van der Waals surface area contributed by atoms with Crippen molar-refractivity contribution < 1.29 is 5.11 Å². The molecule has 2 aromatic rings. The van der Waals surface area contributed by atoms with Gasteiger partial charge >= 0.3 is 0 Å². The van der Waals surface area contributed by atoms with E-state index in [1.807, 2.05) is 25.4 Å². The summed E-state index contributed by atoms with van der Waals surface area (Å²) in [5, 5.41) is 22.9. The minimum atomic E-state index is -0.586. The van der Waals surface area contributed by atoms with Crippen molar-refractivity contribution in [2.45, 2.75) is 12.5 Å². The van der Waals surface area contributed by atoms with Crippen molar-refractivity contribution in [3.63, 3.8) is 0 Å². The van der Waals surface area contributed by atoms with E-state index in [9.17, 15) is 5.11 Å². The van der Waals surface area contributed by atoms with Gasteiger partial charge in [-0.3, -0.25) is 4.68 Å². The highest BCUT2D eigenvalue weighted by atomic mass is 16.3. The fourth-order valence-electron chi connectivity index (χ4n) is 1.67. The van der Waals surface area contributed by atoms with Crippen LogP contribution in [0.3, 0.4) is 0 Å². The van der Waals surface area contributed by atoms with Crippen molar-refractivity contribution in [1.29, 1.82) is 5.26 Å². The molecule has 0 aliphatic carbocycles. The molecule has 2 rings (SSSR count). The van der Waals surface area contributed by atoms with Crippen LogP contribution in [0.5, 0.6) is 0 Å². The maximum Gasteiger partial charge on any atom is 0.0991 e. The summed E-state index contributed by atoms with van der Waals surface area (Å²) in [7, 11) is 1.84. The number of aromatic nitrogens is 2. The van der Waals surface area contributed by atoms with Crippen LogP contribution in [0.4, 0.5) is 0 Å². The molecule has 0 spiro atoms. The molecule has 1 N–H and O–H groups in total. The number of aliphatic hydroxyl groups excluding tert-OH is 1. The van der Waals surface area contributed by atoms with Gasteiger partial charge in [-0.05, 0) is 23.8 Å². The molecule has 1 unspecified atom stereocenters. The van der Waals surface area contributed by atoms with Crippen LogP contribution in [0.25, 0.3) is 0 Å². The maximum absolute atomic E-state index is 10.0. The number of nitrogens with zero attached hydrogens (tertiary/aromatic N) is 3. The molecule has 1 heterocycles. The Morgan fingerprint density at radius 3 is 2.59 bits per heavy atom. The number of hydrogen-bond donors (Lipinski definition) is 1. The van der Waals surface area contributed by atoms with Gasteiger partial charge in [-0.15, -0.1) is 0 Å². The first kappa shape index (κ1) is 11.4. The molecule has 0 amide bonds. The molecule has 17 heavy (non-hydrogen) atoms. The summed E-state index contributed by atoms with van der Waals surface area (Å²) in [6, 6.07) is 10.9. The zero-order chi connectivity index (χ0) is 12.3. The highest BCUT2D eigenvalue weighted by Crippen LogP contribution is 2.17. The van der Waals surface area contributed by atoms with Crippen LogP contribution in [0, 0.1) is 11.3 Å². The average molecular weight is 227 g/mol. The van der Waals surface area contributed by atoms with Crippen LogP contribution in [0.2, 0.25) is 0 Å². The Kier molecular flexibility index (Phi) is 3.22. The van der Waals surface area contributed by atoms with Crippen LogP contribution < -0.4 is 0 Å². The van der Waals surface area contributed by atoms with E-state index < -0.39 is 6.10 Å². The number of benzene rings is 1. The van der Waals surface area contributed by atoms with Gasteiger partial charge in [0.15, 0.2) is 0 Å². The van der Waals surface area contributed by atoms with Gasteiger partial charge < -0.3 is 5.11 Å². The lowest BCUT2D eigenvalue weighted by atomic mass is 10.0. The second-order valence-electron chi connectivity index (χ2n) is 3.93. The molecule has 0 aliphatic rings. The van der Waals surface area contributed by atoms with E-state index >= 15 is 0 Å². The predicted molar refractivity (Wildman–Crippen MR) is 63.0 cm³/mol. The second-order valence-corrected chi connectivity index (χ2v) is 3.93. The molecule has 4 heteroatoms. The molecule has 1 aromatic carbocycles. The number of aliphatic hydroxyl groups is 1. The van der Waals surface area contributed by atoms with Gasteiger partial charge in [0.2, 0.25) is 0 Å². The second kappa shape index (κ2) is 4.81. The Balaban J connectivity index is 2.09. The molecule has 0 bridgehead atoms. The predicted octanol–water partition coefficient (Wildman–Crippen LogP) is 1.57. The lowest BCUT2D eigenvalue weighted by Crippen LogP contribution is -2.03. The van der Waals surface area contributed by atoms with Crippen molar-refractivity contribution in [1.82, 2.24) is 9.78 Å². The Bertz CT molecular complexity index is 537. The minimum absolute atomic E-state index is 0.479. The van der Waals surface area contributed by atoms with Gasteiger partial charge in [0.05, 0.1) is 23.4 Å². The molecule has 1 atom stereocenters. The fraction of sp³-hybridized carbons (Fsp3) is 0.231. The maximum atomic E-state index is 10.0. The minimum Gasteiger partial charge on any atom is -0.388 e.